The molecule has 0 spiro atoms. The Kier molecular flexibility index (Phi) is 5.04. The average Bonchev–Trinajstić information content (AvgIpc) is 2.24. The number of hydrogen-bond donors (Lipinski definition) is 2. The molecule has 0 saturated heterocycles. The molecule has 0 radical (unpaired) electrons. The van der Waals surface area contributed by atoms with Crippen LogP contribution >= 0.6 is 0 Å². The normalized spacial score (nSPS) is 12.7. The van der Waals surface area contributed by atoms with Gasteiger partial charge in [0.2, 0.25) is 5.95 Å². The van der Waals surface area contributed by atoms with Gasteiger partial charge in [0, 0.05) is 6.20 Å². The van der Waals surface area contributed by atoms with Gasteiger partial charge in [-0.2, -0.15) is 0 Å². The molecular weight excluding hydrogens is 190 g/mol. The van der Waals surface area contributed by atoms with Crippen LogP contribution in [0.2, 0.25) is 0 Å². The molecule has 0 aliphatic rings. The van der Waals surface area contributed by atoms with Crippen LogP contribution in [0.25, 0.3) is 0 Å². The second kappa shape index (κ2) is 6.35. The van der Waals surface area contributed by atoms with Gasteiger partial charge in [-0.15, -0.1) is 0 Å². The van der Waals surface area contributed by atoms with Crippen LogP contribution in [0.4, 0.5) is 5.95 Å². The van der Waals surface area contributed by atoms with Crippen LogP contribution in [0.1, 0.15) is 50.8 Å². The number of aliphatic hydroxyl groups is 1. The van der Waals surface area contributed by atoms with Crippen LogP contribution < -0.4 is 5.73 Å². The van der Waals surface area contributed by atoms with E-state index in [1.54, 1.807) is 12.3 Å². The van der Waals surface area contributed by atoms with Gasteiger partial charge >= 0.3 is 0 Å². The predicted octanol–water partition coefficient (Wildman–Crippen LogP) is 2.06. The van der Waals surface area contributed by atoms with Gasteiger partial charge in [-0.05, 0) is 12.5 Å². The van der Waals surface area contributed by atoms with Crippen molar-refractivity contribution in [3.8, 4) is 0 Å². The number of aliphatic hydroxyl groups excluding tert-OH is 1. The molecule has 1 heterocycles. The van der Waals surface area contributed by atoms with Crippen LogP contribution in [0.5, 0.6) is 0 Å². The lowest BCUT2D eigenvalue weighted by molar-refractivity contribution is 0.158. The van der Waals surface area contributed by atoms with E-state index in [0.717, 1.165) is 19.3 Å². The highest BCUT2D eigenvalue weighted by molar-refractivity contribution is 5.18. The molecule has 0 unspecified atom stereocenters. The van der Waals surface area contributed by atoms with Crippen LogP contribution in [0, 0.1) is 0 Å². The Labute approximate surface area is 90.6 Å². The SMILES string of the molecule is CCCCCC[C@H](O)c1ccnc(N)n1. The molecule has 1 aromatic rings. The van der Waals surface area contributed by atoms with E-state index in [1.807, 2.05) is 0 Å². The molecule has 0 aromatic carbocycles. The lowest BCUT2D eigenvalue weighted by Crippen LogP contribution is -2.04. The number of nitrogen functional groups attached to an aromatic ring is 1. The minimum Gasteiger partial charge on any atom is -0.387 e. The molecule has 3 N–H and O–H groups in total. The molecule has 0 fully saturated rings. The number of nitrogens with two attached hydrogens (primary N) is 1. The molecule has 0 amide bonds. The Morgan fingerprint density at radius 2 is 2.20 bits per heavy atom. The number of unbranched alkanes of at least 4 members (excludes halogenated alkanes) is 3. The van der Waals surface area contributed by atoms with Crippen molar-refractivity contribution in [2.45, 2.75) is 45.1 Å². The van der Waals surface area contributed by atoms with Crippen LogP contribution in [-0.2, 0) is 0 Å². The number of nitrogens with zero attached hydrogens (tertiary/aromatic N) is 2. The topological polar surface area (TPSA) is 72.0 Å². The van der Waals surface area contributed by atoms with E-state index >= 15 is 0 Å². The summed E-state index contributed by atoms with van der Waals surface area (Å²) in [7, 11) is 0. The fourth-order valence-electron chi connectivity index (χ4n) is 1.49. The minimum absolute atomic E-state index is 0.222. The van der Waals surface area contributed by atoms with Crippen molar-refractivity contribution in [1.82, 2.24) is 9.97 Å². The molecular formula is C11H19N3O. The van der Waals surface area contributed by atoms with Gasteiger partial charge in [0.1, 0.15) is 0 Å². The van der Waals surface area contributed by atoms with E-state index in [0.29, 0.717) is 5.69 Å². The molecule has 0 bridgehead atoms. The molecule has 4 nitrogen and oxygen atoms in total. The second-order valence-electron chi connectivity index (χ2n) is 3.70. The van der Waals surface area contributed by atoms with Crippen LogP contribution in [-0.4, -0.2) is 15.1 Å². The van der Waals surface area contributed by atoms with Crippen molar-refractivity contribution in [2.24, 2.45) is 0 Å². The molecule has 1 rings (SSSR count). The van der Waals surface area contributed by atoms with Gasteiger partial charge < -0.3 is 10.8 Å². The maximum Gasteiger partial charge on any atom is 0.220 e. The Hall–Kier alpha value is -1.16. The lowest BCUT2D eigenvalue weighted by Gasteiger charge is -2.09. The van der Waals surface area contributed by atoms with E-state index in [4.69, 9.17) is 5.73 Å². The van der Waals surface area contributed by atoms with Gasteiger partial charge in [0.15, 0.2) is 0 Å². The summed E-state index contributed by atoms with van der Waals surface area (Å²) in [5.74, 6) is 0.222. The zero-order valence-corrected chi connectivity index (χ0v) is 9.19. The van der Waals surface area contributed by atoms with Gasteiger partial charge in [0.25, 0.3) is 0 Å². The molecule has 84 valence electrons. The maximum absolute atomic E-state index is 9.80. The third kappa shape index (κ3) is 4.25. The Balaban J connectivity index is 2.36. The van der Waals surface area contributed by atoms with Crippen LogP contribution in [0.3, 0.4) is 0 Å². The number of rotatable bonds is 6. The van der Waals surface area contributed by atoms with Crippen molar-refractivity contribution < 1.29 is 5.11 Å². The maximum atomic E-state index is 9.80. The Bertz CT molecular complexity index is 291. The molecule has 0 saturated carbocycles. The Morgan fingerprint density at radius 3 is 2.87 bits per heavy atom. The second-order valence-corrected chi connectivity index (χ2v) is 3.70. The van der Waals surface area contributed by atoms with Gasteiger partial charge in [0.05, 0.1) is 11.8 Å². The summed E-state index contributed by atoms with van der Waals surface area (Å²) in [6.07, 6.45) is 6.43. The summed E-state index contributed by atoms with van der Waals surface area (Å²) < 4.78 is 0. The quantitative estimate of drug-likeness (QED) is 0.703. The standard InChI is InChI=1S/C11H19N3O/c1-2-3-4-5-6-10(15)9-7-8-13-11(12)14-9/h7-8,10,15H,2-6H2,1H3,(H2,12,13,14)/t10-/m0/s1. The monoisotopic (exact) mass is 209 g/mol. The van der Waals surface area contributed by atoms with Gasteiger partial charge in [-0.25, -0.2) is 9.97 Å². The first-order chi connectivity index (χ1) is 7.24. The first kappa shape index (κ1) is 11.9. The summed E-state index contributed by atoms with van der Waals surface area (Å²) >= 11 is 0. The van der Waals surface area contributed by atoms with E-state index in [9.17, 15) is 5.11 Å². The zero-order chi connectivity index (χ0) is 11.1. The van der Waals surface area contributed by atoms with E-state index in [1.165, 1.54) is 12.8 Å². The fourth-order valence-corrected chi connectivity index (χ4v) is 1.49. The van der Waals surface area contributed by atoms with E-state index in [-0.39, 0.29) is 5.95 Å². The lowest BCUT2D eigenvalue weighted by atomic mass is 10.1. The highest BCUT2D eigenvalue weighted by atomic mass is 16.3. The molecule has 15 heavy (non-hydrogen) atoms. The van der Waals surface area contributed by atoms with Crippen LogP contribution in [0.15, 0.2) is 12.3 Å². The molecule has 1 aromatic heterocycles. The molecule has 0 aliphatic carbocycles. The van der Waals surface area contributed by atoms with Crippen molar-refractivity contribution in [3.63, 3.8) is 0 Å². The first-order valence-corrected chi connectivity index (χ1v) is 5.50. The Morgan fingerprint density at radius 1 is 1.40 bits per heavy atom. The molecule has 4 heteroatoms. The third-order valence-corrected chi connectivity index (χ3v) is 2.37. The summed E-state index contributed by atoms with van der Waals surface area (Å²) in [6, 6.07) is 1.71. The number of hydrogen-bond acceptors (Lipinski definition) is 4. The fraction of sp³-hybridized carbons (Fsp3) is 0.636. The molecule has 0 aliphatic heterocycles. The summed E-state index contributed by atoms with van der Waals surface area (Å²) in [5, 5.41) is 9.80. The van der Waals surface area contributed by atoms with Gasteiger partial charge in [-0.3, -0.25) is 0 Å². The highest BCUT2D eigenvalue weighted by Gasteiger charge is 2.08. The largest absolute Gasteiger partial charge is 0.387 e. The van der Waals surface area contributed by atoms with Crippen molar-refractivity contribution in [2.75, 3.05) is 5.73 Å². The smallest absolute Gasteiger partial charge is 0.220 e. The third-order valence-electron chi connectivity index (χ3n) is 2.37. The summed E-state index contributed by atoms with van der Waals surface area (Å²) in [4.78, 5) is 7.78. The van der Waals surface area contributed by atoms with Crippen molar-refractivity contribution >= 4 is 5.95 Å². The first-order valence-electron chi connectivity index (χ1n) is 5.50. The summed E-state index contributed by atoms with van der Waals surface area (Å²) in [5.41, 5.74) is 6.06. The van der Waals surface area contributed by atoms with Crippen molar-refractivity contribution in [1.29, 1.82) is 0 Å². The zero-order valence-electron chi connectivity index (χ0n) is 9.19. The van der Waals surface area contributed by atoms with Gasteiger partial charge in [-0.1, -0.05) is 32.6 Å². The predicted molar refractivity (Wildman–Crippen MR) is 60.2 cm³/mol. The van der Waals surface area contributed by atoms with E-state index in [2.05, 4.69) is 16.9 Å². The van der Waals surface area contributed by atoms with E-state index < -0.39 is 6.10 Å². The van der Waals surface area contributed by atoms with Crippen molar-refractivity contribution in [3.05, 3.63) is 18.0 Å². The highest BCUT2D eigenvalue weighted by Crippen LogP contribution is 2.17. The minimum atomic E-state index is -0.507. The average molecular weight is 209 g/mol. The number of anilines is 1. The molecule has 1 atom stereocenters. The summed E-state index contributed by atoms with van der Waals surface area (Å²) in [6.45, 7) is 2.17. The number of aromatic nitrogens is 2.